The van der Waals surface area contributed by atoms with Crippen molar-refractivity contribution in [2.45, 2.75) is 54.4 Å². The fourth-order valence-electron chi connectivity index (χ4n) is 2.58. The van der Waals surface area contributed by atoms with Gasteiger partial charge in [0.05, 0.1) is 11.5 Å². The van der Waals surface area contributed by atoms with E-state index in [0.29, 0.717) is 11.5 Å². The molecule has 0 atom stereocenters. The molecule has 0 saturated carbocycles. The molecule has 0 aliphatic carbocycles. The number of carbonyl (C=O) groups is 2. The molecule has 0 spiro atoms. The van der Waals surface area contributed by atoms with Crippen molar-refractivity contribution in [3.05, 3.63) is 35.4 Å². The molecule has 1 aromatic carbocycles. The Kier molecular flexibility index (Phi) is 8.59. The van der Waals surface area contributed by atoms with Crippen LogP contribution in [0.2, 0.25) is 0 Å². The molecule has 0 heterocycles. The highest BCUT2D eigenvalue weighted by Crippen LogP contribution is 2.30. The Morgan fingerprint density at radius 3 is 1.91 bits per heavy atom. The van der Waals surface area contributed by atoms with E-state index in [1.807, 2.05) is 12.1 Å². The first-order chi connectivity index (χ1) is 10.5. The zero-order valence-electron chi connectivity index (χ0n) is 15.1. The molecule has 0 saturated heterocycles. The molecule has 0 aliphatic heterocycles. The summed E-state index contributed by atoms with van der Waals surface area (Å²) in [6.07, 6.45) is 1.91. The van der Waals surface area contributed by atoms with Gasteiger partial charge in [0.1, 0.15) is 0 Å². The van der Waals surface area contributed by atoms with Gasteiger partial charge in [0, 0.05) is 0 Å². The van der Waals surface area contributed by atoms with Crippen LogP contribution in [0, 0.1) is 17.3 Å². The van der Waals surface area contributed by atoms with E-state index in [-0.39, 0.29) is 11.3 Å². The van der Waals surface area contributed by atoms with Crippen LogP contribution < -0.4 is 0 Å². The van der Waals surface area contributed by atoms with Crippen LogP contribution in [0.15, 0.2) is 24.3 Å². The quantitative estimate of drug-likeness (QED) is 0.794. The van der Waals surface area contributed by atoms with E-state index in [2.05, 4.69) is 27.7 Å². The SMILES string of the molecule is CC(C)C(=O)O.CC(C)CC(C)(C)Cc1ccccc1C(=O)O. The van der Waals surface area contributed by atoms with Crippen molar-refractivity contribution in [3.63, 3.8) is 0 Å². The van der Waals surface area contributed by atoms with Gasteiger partial charge in [-0.05, 0) is 35.8 Å². The molecule has 23 heavy (non-hydrogen) atoms. The van der Waals surface area contributed by atoms with Gasteiger partial charge < -0.3 is 10.2 Å². The summed E-state index contributed by atoms with van der Waals surface area (Å²) in [6, 6.07) is 7.30. The predicted molar refractivity (Wildman–Crippen MR) is 92.8 cm³/mol. The molecule has 0 bridgehead atoms. The summed E-state index contributed by atoms with van der Waals surface area (Å²) >= 11 is 0. The molecular weight excluding hydrogens is 292 g/mol. The molecule has 0 radical (unpaired) electrons. The smallest absolute Gasteiger partial charge is 0.335 e. The molecule has 1 aromatic rings. The van der Waals surface area contributed by atoms with E-state index < -0.39 is 11.9 Å². The second-order valence-electron chi connectivity index (χ2n) is 7.39. The minimum absolute atomic E-state index is 0.139. The zero-order valence-corrected chi connectivity index (χ0v) is 15.1. The second kappa shape index (κ2) is 9.33. The van der Waals surface area contributed by atoms with E-state index in [4.69, 9.17) is 10.2 Å². The van der Waals surface area contributed by atoms with Gasteiger partial charge in [0.2, 0.25) is 0 Å². The van der Waals surface area contributed by atoms with E-state index >= 15 is 0 Å². The molecule has 0 unspecified atom stereocenters. The Hall–Kier alpha value is -1.84. The summed E-state index contributed by atoms with van der Waals surface area (Å²) < 4.78 is 0. The molecule has 0 amide bonds. The van der Waals surface area contributed by atoms with Gasteiger partial charge >= 0.3 is 11.9 Å². The molecule has 0 aromatic heterocycles. The van der Waals surface area contributed by atoms with Crippen LogP contribution in [0.4, 0.5) is 0 Å². The molecule has 2 N–H and O–H groups in total. The van der Waals surface area contributed by atoms with Crippen LogP contribution in [0.3, 0.4) is 0 Å². The van der Waals surface area contributed by atoms with Gasteiger partial charge in [-0.15, -0.1) is 0 Å². The highest BCUT2D eigenvalue weighted by molar-refractivity contribution is 5.89. The van der Waals surface area contributed by atoms with Gasteiger partial charge in [0.25, 0.3) is 0 Å². The third-order valence-electron chi connectivity index (χ3n) is 3.37. The van der Waals surface area contributed by atoms with Crippen molar-refractivity contribution >= 4 is 11.9 Å². The number of aliphatic carboxylic acids is 1. The third-order valence-corrected chi connectivity index (χ3v) is 3.37. The maximum Gasteiger partial charge on any atom is 0.335 e. The van der Waals surface area contributed by atoms with Crippen LogP contribution in [0.5, 0.6) is 0 Å². The zero-order chi connectivity index (χ0) is 18.2. The molecule has 0 aliphatic rings. The highest BCUT2D eigenvalue weighted by Gasteiger charge is 2.22. The van der Waals surface area contributed by atoms with Crippen molar-refractivity contribution in [3.8, 4) is 0 Å². The fraction of sp³-hybridized carbons (Fsp3) is 0.579. The number of hydrogen-bond donors (Lipinski definition) is 2. The maximum atomic E-state index is 11.1. The Balaban J connectivity index is 0.000000688. The average Bonchev–Trinajstić information content (AvgIpc) is 2.37. The standard InChI is InChI=1S/C15H22O2.C4H8O2/c1-11(2)9-15(3,4)10-12-7-5-6-8-13(12)14(16)17;1-3(2)4(5)6/h5-8,11H,9-10H2,1-4H3,(H,16,17);3H,1-2H3,(H,5,6). The fourth-order valence-corrected chi connectivity index (χ4v) is 2.58. The van der Waals surface area contributed by atoms with E-state index in [0.717, 1.165) is 18.4 Å². The van der Waals surface area contributed by atoms with Crippen LogP contribution in [0.25, 0.3) is 0 Å². The minimum atomic E-state index is -0.832. The van der Waals surface area contributed by atoms with E-state index in [1.54, 1.807) is 26.0 Å². The summed E-state index contributed by atoms with van der Waals surface area (Å²) in [4.78, 5) is 20.8. The number of carboxylic acid groups (broad SMARTS) is 2. The van der Waals surface area contributed by atoms with Gasteiger partial charge in [-0.3, -0.25) is 4.79 Å². The Labute approximate surface area is 139 Å². The Morgan fingerprint density at radius 2 is 1.52 bits per heavy atom. The third kappa shape index (κ3) is 9.01. The summed E-state index contributed by atoms with van der Waals surface area (Å²) in [5, 5.41) is 17.1. The number of rotatable bonds is 6. The maximum absolute atomic E-state index is 11.1. The number of hydrogen-bond acceptors (Lipinski definition) is 2. The molecular formula is C19H30O4. The van der Waals surface area contributed by atoms with E-state index in [9.17, 15) is 9.59 Å². The summed E-state index contributed by atoms with van der Waals surface area (Å²) in [6.45, 7) is 12.1. The summed E-state index contributed by atoms with van der Waals surface area (Å²) in [5.74, 6) is -1.18. The van der Waals surface area contributed by atoms with Crippen LogP contribution in [-0.4, -0.2) is 22.2 Å². The monoisotopic (exact) mass is 322 g/mol. The lowest BCUT2D eigenvalue weighted by atomic mass is 9.78. The largest absolute Gasteiger partial charge is 0.481 e. The first kappa shape index (κ1) is 21.2. The highest BCUT2D eigenvalue weighted by atomic mass is 16.4. The first-order valence-corrected chi connectivity index (χ1v) is 8.00. The lowest BCUT2D eigenvalue weighted by Gasteiger charge is -2.27. The summed E-state index contributed by atoms with van der Waals surface area (Å²) in [7, 11) is 0. The summed E-state index contributed by atoms with van der Waals surface area (Å²) in [5.41, 5.74) is 1.51. The van der Waals surface area contributed by atoms with Crippen molar-refractivity contribution in [1.29, 1.82) is 0 Å². The molecule has 4 nitrogen and oxygen atoms in total. The number of aromatic carboxylic acids is 1. The lowest BCUT2D eigenvalue weighted by molar-refractivity contribution is -0.140. The van der Waals surface area contributed by atoms with Gasteiger partial charge in [-0.2, -0.15) is 0 Å². The molecule has 1 rings (SSSR count). The van der Waals surface area contributed by atoms with Crippen LogP contribution in [-0.2, 0) is 11.2 Å². The minimum Gasteiger partial charge on any atom is -0.481 e. The number of benzene rings is 1. The van der Waals surface area contributed by atoms with Gasteiger partial charge in [-0.25, -0.2) is 4.79 Å². The van der Waals surface area contributed by atoms with Gasteiger partial charge in [-0.1, -0.05) is 59.7 Å². The molecule has 0 fully saturated rings. The predicted octanol–water partition coefficient (Wildman–Crippen LogP) is 4.73. The topological polar surface area (TPSA) is 74.6 Å². The number of carboxylic acids is 2. The van der Waals surface area contributed by atoms with Crippen molar-refractivity contribution in [2.75, 3.05) is 0 Å². The van der Waals surface area contributed by atoms with Crippen molar-refractivity contribution in [1.82, 2.24) is 0 Å². The van der Waals surface area contributed by atoms with Crippen molar-refractivity contribution < 1.29 is 19.8 Å². The van der Waals surface area contributed by atoms with Crippen molar-refractivity contribution in [2.24, 2.45) is 17.3 Å². The Bertz CT molecular complexity index is 516. The van der Waals surface area contributed by atoms with Crippen LogP contribution >= 0.6 is 0 Å². The average molecular weight is 322 g/mol. The Morgan fingerprint density at radius 1 is 1.04 bits per heavy atom. The molecule has 130 valence electrons. The molecule has 4 heteroatoms. The van der Waals surface area contributed by atoms with Crippen LogP contribution in [0.1, 0.15) is 63.9 Å². The first-order valence-electron chi connectivity index (χ1n) is 8.00. The van der Waals surface area contributed by atoms with E-state index in [1.165, 1.54) is 0 Å². The lowest BCUT2D eigenvalue weighted by Crippen LogP contribution is -2.19. The second-order valence-corrected chi connectivity index (χ2v) is 7.39. The normalized spacial score (nSPS) is 11.1. The van der Waals surface area contributed by atoms with Gasteiger partial charge in [0.15, 0.2) is 0 Å².